The number of thiocarbonyl (C=S) groups is 4. The molecule has 0 radical (unpaired) electrons. The summed E-state index contributed by atoms with van der Waals surface area (Å²) in [5.41, 5.74) is 4.65. The van der Waals surface area contributed by atoms with E-state index in [0.29, 0.717) is 70.7 Å². The Morgan fingerprint density at radius 2 is 0.649 bits per heavy atom. The van der Waals surface area contributed by atoms with Crippen molar-refractivity contribution in [1.82, 2.24) is 39.9 Å². The summed E-state index contributed by atoms with van der Waals surface area (Å²) in [6.07, 6.45) is 14.0. The van der Waals surface area contributed by atoms with Gasteiger partial charge in [-0.2, -0.15) is 20.6 Å². The van der Waals surface area contributed by atoms with Crippen LogP contribution in [0.5, 0.6) is 23.0 Å². The van der Waals surface area contributed by atoms with Crippen LogP contribution in [0.25, 0.3) is 67.2 Å². The Morgan fingerprint density at radius 1 is 0.404 bits per heavy atom. The zero-order chi connectivity index (χ0) is 68.4. The molecule has 24 nitrogen and oxygen atoms in total. The number of isothiocyanates is 4. The molecule has 30 heteroatoms. The van der Waals surface area contributed by atoms with Gasteiger partial charge in [0.15, 0.2) is 0 Å². The average Bonchev–Trinajstić information content (AvgIpc) is 0.936. The Morgan fingerprint density at radius 3 is 0.936 bits per heavy atom. The molecule has 0 fully saturated rings. The van der Waals surface area contributed by atoms with Crippen LogP contribution in [0, 0.1) is 11.8 Å². The van der Waals surface area contributed by atoms with E-state index < -0.39 is 30.0 Å². The maximum atomic E-state index is 12.7. The first kappa shape index (κ1) is 84.7. The molecule has 0 aliphatic heterocycles. The largest absolute Gasteiger partial charge is 2.00 e. The molecule has 0 saturated carbocycles. The molecule has 0 aliphatic carbocycles. The molecule has 3 N–H and O–H groups in total. The monoisotopic (exact) mass is 1520 g/mol. The number of pyridine rings is 8. The van der Waals surface area contributed by atoms with Gasteiger partial charge in [-0.25, -0.2) is 19.2 Å². The van der Waals surface area contributed by atoms with Gasteiger partial charge in [0, 0.05) is 73.8 Å². The zero-order valence-corrected chi connectivity index (χ0v) is 58.2. The van der Waals surface area contributed by atoms with Crippen LogP contribution in [0.1, 0.15) is 103 Å². The van der Waals surface area contributed by atoms with Crippen molar-refractivity contribution in [2.45, 2.75) is 73.5 Å². The number of nitrogens with zero attached hydrogens (tertiary/aromatic N) is 12. The minimum Gasteiger partial charge on any atom is -0.753 e. The second kappa shape index (κ2) is 48.5. The van der Waals surface area contributed by atoms with Gasteiger partial charge < -0.3 is 60.6 Å². The molecule has 94 heavy (non-hydrogen) atoms. The number of carbonyl (C=O) groups excluding carboxylic acids is 1. The van der Waals surface area contributed by atoms with Crippen molar-refractivity contribution in [3.05, 3.63) is 191 Å². The first-order chi connectivity index (χ1) is 44.1. The number of ether oxygens (including phenoxy) is 5. The molecule has 0 saturated heterocycles. The number of carboxylic acid groups (broad SMARTS) is 3. The number of hydrogen-bond donors (Lipinski definition) is 3. The number of carbonyl (C=O) groups is 4. The third-order valence-electron chi connectivity index (χ3n) is 11.1. The summed E-state index contributed by atoms with van der Waals surface area (Å²) in [5.74, 6) is 0.363. The standard InChI is InChI=1S/C28H26N4O6.C20H28N2O2.C12H8N2O4.4CNS.2Ru/c1-17(2)37-21-6-10-31-25(14-21)26-15-22(7-11-32-26)38-18(3)16-36-28(35)20-5-9-30-24(13-20)23-12-19(27(33)34)4-8-29-23;1-15(2)7-11-23-17-5-9-21-19(13-17)20-14-18(6-10-22-20)24-12-8-16(3)4;15-11(16)7-1-3-13-9(5-7)10-6-8(12(17)18)2-4-14-10;4*2-1-3;;/h4-15,17-18H,16H2,1-3H3,(H,33,34);5-6,9-10,13-16H,7-8,11-12H2,1-4H3;1-6H,(H,15,16)(H,17,18);;;;;;/q;;;4*-1;2*+2. The molecule has 8 aromatic heterocycles. The molecule has 490 valence electrons. The third-order valence-corrected chi connectivity index (χ3v) is 11.1. The van der Waals surface area contributed by atoms with Crippen LogP contribution >= 0.6 is 48.9 Å². The Bertz CT molecular complexity index is 3660. The summed E-state index contributed by atoms with van der Waals surface area (Å²) in [5, 5.41) is 60.8. The predicted molar refractivity (Wildman–Crippen MR) is 361 cm³/mol. The van der Waals surface area contributed by atoms with Crippen LogP contribution < -0.4 is 18.9 Å². The van der Waals surface area contributed by atoms with Crippen LogP contribution in [0.2, 0.25) is 0 Å². The van der Waals surface area contributed by atoms with Crippen LogP contribution in [0.4, 0.5) is 0 Å². The Hall–Kier alpha value is -9.27. The molecule has 0 aromatic carbocycles. The van der Waals surface area contributed by atoms with Crippen molar-refractivity contribution >= 4 is 93.4 Å². The Balaban J connectivity index is 0.00000133. The van der Waals surface area contributed by atoms with Gasteiger partial charge in [-0.05, 0) is 118 Å². The molecule has 1 unspecified atom stereocenters. The van der Waals surface area contributed by atoms with Crippen molar-refractivity contribution in [3.63, 3.8) is 0 Å². The molecular formula is C64H62N12O12Ru2S4. The van der Waals surface area contributed by atoms with E-state index in [2.05, 4.69) is 116 Å². The smallest absolute Gasteiger partial charge is 0.753 e. The van der Waals surface area contributed by atoms with E-state index in [1.165, 1.54) is 94.0 Å². The molecular weight excluding hydrogens is 1460 g/mol. The normalized spacial score (nSPS) is 9.77. The van der Waals surface area contributed by atoms with Gasteiger partial charge in [-0.1, -0.05) is 76.6 Å². The van der Waals surface area contributed by atoms with Gasteiger partial charge in [-0.3, -0.25) is 39.9 Å². The molecule has 8 rings (SSSR count). The molecule has 0 amide bonds. The number of hydrogen-bond acceptors (Lipinski definition) is 21. The summed E-state index contributed by atoms with van der Waals surface area (Å²) in [6, 6.07) is 25.9. The average molecular weight is 1520 g/mol. The number of rotatable bonds is 22. The fourth-order valence-electron chi connectivity index (χ4n) is 6.98. The SMILES string of the molecule is CC(C)CCOc1ccnc(-c2cc(OCCC(C)C)ccn2)c1.CC(C)Oc1ccnc(-c2cc(OC(C)COC(=O)c3ccnc(-c4cc(C(=O)O)ccn4)c3)ccn2)c1.O=C(O)c1ccnc(-c2cc(C(=O)O)ccn2)c1.[N-]=C=S.[N-]=C=S.[N-]=C=S.[N-]=C=S.[Ru+2].[Ru+2]. The van der Waals surface area contributed by atoms with Crippen LogP contribution in [-0.4, -0.2) is 132 Å². The minimum atomic E-state index is -1.08. The quantitative estimate of drug-likeness (QED) is 0.0245. The molecule has 0 bridgehead atoms. The second-order valence-electron chi connectivity index (χ2n) is 19.3. The number of aromatic carboxylic acids is 3. The van der Waals surface area contributed by atoms with Gasteiger partial charge in [0.1, 0.15) is 35.7 Å². The van der Waals surface area contributed by atoms with E-state index in [0.717, 1.165) is 35.7 Å². The van der Waals surface area contributed by atoms with Gasteiger partial charge in [0.25, 0.3) is 0 Å². The summed E-state index contributed by atoms with van der Waals surface area (Å²) in [6.45, 7) is 15.9. The molecule has 8 heterocycles. The van der Waals surface area contributed by atoms with Gasteiger partial charge in [0.05, 0.1) is 87.1 Å². The molecule has 0 aliphatic rings. The van der Waals surface area contributed by atoms with E-state index >= 15 is 0 Å². The van der Waals surface area contributed by atoms with Crippen molar-refractivity contribution in [2.75, 3.05) is 19.8 Å². The topological polar surface area (TPSA) is 367 Å². The van der Waals surface area contributed by atoms with E-state index in [-0.39, 0.29) is 73.9 Å². The second-order valence-corrected chi connectivity index (χ2v) is 20.0. The summed E-state index contributed by atoms with van der Waals surface area (Å²) in [4.78, 5) is 79.4. The minimum absolute atomic E-state index is 0. The van der Waals surface area contributed by atoms with Crippen LogP contribution in [0.3, 0.4) is 0 Å². The van der Waals surface area contributed by atoms with Gasteiger partial charge >= 0.3 is 62.8 Å². The van der Waals surface area contributed by atoms with E-state index in [1.807, 2.05) is 44.2 Å². The Labute approximate surface area is 590 Å². The van der Waals surface area contributed by atoms with Crippen LogP contribution in [-0.2, 0) is 43.7 Å². The van der Waals surface area contributed by atoms with E-state index in [1.54, 1.807) is 49.9 Å². The third kappa shape index (κ3) is 33.9. The predicted octanol–water partition coefficient (Wildman–Crippen LogP) is 13.9. The van der Waals surface area contributed by atoms with Crippen molar-refractivity contribution in [3.8, 4) is 68.5 Å². The number of aromatic nitrogens is 8. The van der Waals surface area contributed by atoms with Crippen molar-refractivity contribution < 1.29 is 97.1 Å². The maximum Gasteiger partial charge on any atom is 2.00 e. The van der Waals surface area contributed by atoms with E-state index in [4.69, 9.17) is 55.5 Å². The first-order valence-electron chi connectivity index (χ1n) is 27.3. The fourth-order valence-corrected chi connectivity index (χ4v) is 6.98. The summed E-state index contributed by atoms with van der Waals surface area (Å²) >= 11 is 14.8. The molecule has 0 spiro atoms. The van der Waals surface area contributed by atoms with E-state index in [9.17, 15) is 24.3 Å². The first-order valence-corrected chi connectivity index (χ1v) is 28.9. The zero-order valence-electron chi connectivity index (χ0n) is 51.4. The maximum absolute atomic E-state index is 12.7. The van der Waals surface area contributed by atoms with Crippen molar-refractivity contribution in [1.29, 1.82) is 0 Å². The van der Waals surface area contributed by atoms with Crippen LogP contribution in [0.15, 0.2) is 147 Å². The number of carboxylic acids is 3. The molecule has 8 aromatic rings. The Kier molecular flexibility index (Phi) is 43.7. The number of esters is 1. The van der Waals surface area contributed by atoms with Gasteiger partial charge in [-0.15, -0.1) is 0 Å². The fraction of sp³-hybridized carbons (Fsp3) is 0.250. The summed E-state index contributed by atoms with van der Waals surface area (Å²) in [7, 11) is 0. The van der Waals surface area contributed by atoms with Gasteiger partial charge in [0.2, 0.25) is 0 Å². The summed E-state index contributed by atoms with van der Waals surface area (Å²) < 4.78 is 28.7. The molecule has 1 atom stereocenters. The van der Waals surface area contributed by atoms with Crippen molar-refractivity contribution in [2.24, 2.45) is 11.8 Å².